The topological polar surface area (TPSA) is 29.5 Å². The molecule has 0 spiro atoms. The lowest BCUT2D eigenvalue weighted by atomic mass is 10.1. The molecule has 1 aliphatic heterocycles. The van der Waals surface area contributed by atoms with Gasteiger partial charge in [-0.2, -0.15) is 0 Å². The first kappa shape index (κ1) is 14.1. The maximum atomic E-state index is 11.6. The van der Waals surface area contributed by atoms with E-state index in [2.05, 4.69) is 18.7 Å². The van der Waals surface area contributed by atoms with E-state index in [9.17, 15) is 4.79 Å². The van der Waals surface area contributed by atoms with E-state index in [1.807, 2.05) is 24.3 Å². The maximum absolute atomic E-state index is 11.6. The van der Waals surface area contributed by atoms with E-state index in [-0.39, 0.29) is 11.9 Å². The van der Waals surface area contributed by atoms with Crippen molar-refractivity contribution in [1.82, 2.24) is 4.90 Å². The average molecular weight is 261 g/mol. The molecule has 1 aromatic rings. The van der Waals surface area contributed by atoms with Gasteiger partial charge in [-0.3, -0.25) is 4.79 Å². The summed E-state index contributed by atoms with van der Waals surface area (Å²) in [7, 11) is 0. The molecular formula is C16H23NO2. The summed E-state index contributed by atoms with van der Waals surface area (Å²) >= 11 is 0. The molecule has 1 heterocycles. The summed E-state index contributed by atoms with van der Waals surface area (Å²) in [5.41, 5.74) is 0.689. The van der Waals surface area contributed by atoms with Gasteiger partial charge in [0.05, 0.1) is 5.56 Å². The van der Waals surface area contributed by atoms with Crippen LogP contribution in [0.3, 0.4) is 0 Å². The fourth-order valence-corrected chi connectivity index (χ4v) is 2.55. The van der Waals surface area contributed by atoms with Gasteiger partial charge < -0.3 is 9.64 Å². The number of nitrogens with zero attached hydrogens (tertiary/aromatic N) is 1. The fraction of sp³-hybridized carbons (Fsp3) is 0.562. The highest BCUT2D eigenvalue weighted by atomic mass is 16.5. The van der Waals surface area contributed by atoms with Crippen LogP contribution in [0.1, 0.15) is 44.0 Å². The third kappa shape index (κ3) is 3.57. The van der Waals surface area contributed by atoms with Gasteiger partial charge in [0.15, 0.2) is 5.78 Å². The number of rotatable bonds is 4. The number of Topliss-reactive ketones (excluding diaryl/α,β-unsaturated/α-hetero) is 1. The van der Waals surface area contributed by atoms with Crippen molar-refractivity contribution >= 4 is 5.78 Å². The normalized spacial score (nSPS) is 17.7. The highest BCUT2D eigenvalue weighted by Gasteiger charge is 2.22. The standard InChI is InChI=1S/C16H23NO2/c1-12(2)17-10-8-14(9-11-17)19-16-7-5-4-6-15(16)13(3)18/h4-7,12,14H,8-11H2,1-3H3. The van der Waals surface area contributed by atoms with Crippen molar-refractivity contribution in [2.24, 2.45) is 0 Å². The summed E-state index contributed by atoms with van der Waals surface area (Å²) in [4.78, 5) is 14.0. The molecular weight excluding hydrogens is 238 g/mol. The van der Waals surface area contributed by atoms with Gasteiger partial charge in [0.1, 0.15) is 11.9 Å². The number of benzene rings is 1. The van der Waals surface area contributed by atoms with Crippen LogP contribution in [-0.4, -0.2) is 35.9 Å². The molecule has 0 N–H and O–H groups in total. The SMILES string of the molecule is CC(=O)c1ccccc1OC1CCN(C(C)C)CC1. The van der Waals surface area contributed by atoms with Gasteiger partial charge in [-0.1, -0.05) is 12.1 Å². The number of carbonyl (C=O) groups is 1. The van der Waals surface area contributed by atoms with Gasteiger partial charge in [-0.05, 0) is 45.7 Å². The average Bonchev–Trinajstić information content (AvgIpc) is 2.39. The van der Waals surface area contributed by atoms with E-state index in [4.69, 9.17) is 4.74 Å². The summed E-state index contributed by atoms with van der Waals surface area (Å²) in [6.07, 6.45) is 2.30. The zero-order chi connectivity index (χ0) is 13.8. The zero-order valence-electron chi connectivity index (χ0n) is 12.1. The van der Waals surface area contributed by atoms with Crippen LogP contribution in [0, 0.1) is 0 Å². The van der Waals surface area contributed by atoms with Crippen molar-refractivity contribution in [2.45, 2.75) is 45.8 Å². The van der Waals surface area contributed by atoms with Crippen molar-refractivity contribution in [3.05, 3.63) is 29.8 Å². The molecule has 3 heteroatoms. The molecule has 2 rings (SSSR count). The van der Waals surface area contributed by atoms with Crippen LogP contribution in [0.4, 0.5) is 0 Å². The van der Waals surface area contributed by atoms with E-state index in [0.29, 0.717) is 11.6 Å². The molecule has 0 bridgehead atoms. The minimum atomic E-state index is 0.0650. The van der Waals surface area contributed by atoms with Crippen molar-refractivity contribution in [3.8, 4) is 5.75 Å². The van der Waals surface area contributed by atoms with Gasteiger partial charge in [0.2, 0.25) is 0 Å². The monoisotopic (exact) mass is 261 g/mol. The molecule has 1 aliphatic rings. The smallest absolute Gasteiger partial charge is 0.163 e. The van der Waals surface area contributed by atoms with Gasteiger partial charge in [-0.15, -0.1) is 0 Å². The van der Waals surface area contributed by atoms with E-state index < -0.39 is 0 Å². The maximum Gasteiger partial charge on any atom is 0.163 e. The van der Waals surface area contributed by atoms with Gasteiger partial charge in [0.25, 0.3) is 0 Å². The molecule has 104 valence electrons. The Kier molecular flexibility index (Phi) is 4.59. The largest absolute Gasteiger partial charge is 0.490 e. The predicted octanol–water partition coefficient (Wildman–Crippen LogP) is 3.14. The Morgan fingerprint density at radius 1 is 1.26 bits per heavy atom. The van der Waals surface area contributed by atoms with Crippen molar-refractivity contribution in [3.63, 3.8) is 0 Å². The van der Waals surface area contributed by atoms with Crippen LogP contribution in [0.25, 0.3) is 0 Å². The van der Waals surface area contributed by atoms with E-state index in [0.717, 1.165) is 31.7 Å². The molecule has 0 aromatic heterocycles. The van der Waals surface area contributed by atoms with Crippen LogP contribution in [-0.2, 0) is 0 Å². The first-order chi connectivity index (χ1) is 9.08. The zero-order valence-corrected chi connectivity index (χ0v) is 12.1. The fourth-order valence-electron chi connectivity index (χ4n) is 2.55. The highest BCUT2D eigenvalue weighted by molar-refractivity contribution is 5.96. The lowest BCUT2D eigenvalue weighted by molar-refractivity contribution is 0.0824. The second-order valence-electron chi connectivity index (χ2n) is 5.50. The summed E-state index contributed by atoms with van der Waals surface area (Å²) < 4.78 is 6.03. The first-order valence-electron chi connectivity index (χ1n) is 7.08. The van der Waals surface area contributed by atoms with Crippen LogP contribution >= 0.6 is 0 Å². The molecule has 0 amide bonds. The Morgan fingerprint density at radius 3 is 2.47 bits per heavy atom. The van der Waals surface area contributed by atoms with Crippen molar-refractivity contribution in [2.75, 3.05) is 13.1 Å². The number of piperidine rings is 1. The van der Waals surface area contributed by atoms with Crippen LogP contribution in [0.15, 0.2) is 24.3 Å². The number of hydrogen-bond acceptors (Lipinski definition) is 3. The Balaban J connectivity index is 1.98. The number of carbonyl (C=O) groups excluding carboxylic acids is 1. The third-order valence-corrected chi connectivity index (χ3v) is 3.77. The number of ether oxygens (including phenoxy) is 1. The Hall–Kier alpha value is -1.35. The Labute approximate surface area is 115 Å². The van der Waals surface area contributed by atoms with Gasteiger partial charge in [0, 0.05) is 19.1 Å². The summed E-state index contributed by atoms with van der Waals surface area (Å²) in [6, 6.07) is 8.13. The molecule has 3 nitrogen and oxygen atoms in total. The molecule has 0 unspecified atom stereocenters. The molecule has 0 atom stereocenters. The highest BCUT2D eigenvalue weighted by Crippen LogP contribution is 2.24. The molecule has 1 saturated heterocycles. The van der Waals surface area contributed by atoms with Crippen LogP contribution < -0.4 is 4.74 Å². The molecule has 0 radical (unpaired) electrons. The lowest BCUT2D eigenvalue weighted by Crippen LogP contribution is -2.41. The summed E-state index contributed by atoms with van der Waals surface area (Å²) in [5.74, 6) is 0.799. The Bertz CT molecular complexity index is 434. The summed E-state index contributed by atoms with van der Waals surface area (Å²) in [6.45, 7) is 8.19. The number of para-hydroxylation sites is 1. The quantitative estimate of drug-likeness (QED) is 0.780. The van der Waals surface area contributed by atoms with Crippen molar-refractivity contribution < 1.29 is 9.53 Å². The Morgan fingerprint density at radius 2 is 1.89 bits per heavy atom. The number of likely N-dealkylation sites (tertiary alicyclic amines) is 1. The second kappa shape index (κ2) is 6.20. The molecule has 19 heavy (non-hydrogen) atoms. The van der Waals surface area contributed by atoms with E-state index in [1.54, 1.807) is 6.92 Å². The third-order valence-electron chi connectivity index (χ3n) is 3.77. The predicted molar refractivity (Wildman–Crippen MR) is 76.8 cm³/mol. The van der Waals surface area contributed by atoms with E-state index in [1.165, 1.54) is 0 Å². The molecule has 0 aliphatic carbocycles. The summed E-state index contributed by atoms with van der Waals surface area (Å²) in [5, 5.41) is 0. The molecule has 1 aromatic carbocycles. The first-order valence-corrected chi connectivity index (χ1v) is 7.08. The molecule has 0 saturated carbocycles. The van der Waals surface area contributed by atoms with Crippen LogP contribution in [0.5, 0.6) is 5.75 Å². The second-order valence-corrected chi connectivity index (χ2v) is 5.50. The molecule has 1 fully saturated rings. The van der Waals surface area contributed by atoms with Gasteiger partial charge >= 0.3 is 0 Å². The number of hydrogen-bond donors (Lipinski definition) is 0. The van der Waals surface area contributed by atoms with E-state index >= 15 is 0 Å². The number of ketones is 1. The van der Waals surface area contributed by atoms with Crippen LogP contribution in [0.2, 0.25) is 0 Å². The van der Waals surface area contributed by atoms with Gasteiger partial charge in [-0.25, -0.2) is 0 Å². The lowest BCUT2D eigenvalue weighted by Gasteiger charge is -2.34. The minimum absolute atomic E-state index is 0.0650. The minimum Gasteiger partial charge on any atom is -0.490 e. The van der Waals surface area contributed by atoms with Crippen molar-refractivity contribution in [1.29, 1.82) is 0 Å².